The Hall–Kier alpha value is -3.74. The summed E-state index contributed by atoms with van der Waals surface area (Å²) in [5.41, 5.74) is 4.12. The molecule has 28 heavy (non-hydrogen) atoms. The summed E-state index contributed by atoms with van der Waals surface area (Å²) in [4.78, 5) is 15.3. The number of aromatic nitrogens is 3. The summed E-state index contributed by atoms with van der Waals surface area (Å²) < 4.78 is 7.21. The van der Waals surface area contributed by atoms with E-state index in [0.717, 1.165) is 33.9 Å². The van der Waals surface area contributed by atoms with Crippen LogP contribution >= 0.6 is 0 Å². The zero-order valence-corrected chi connectivity index (χ0v) is 15.7. The number of hydrogen-bond acceptors (Lipinski definition) is 5. The zero-order valence-electron chi connectivity index (χ0n) is 15.7. The first-order chi connectivity index (χ1) is 13.4. The lowest BCUT2D eigenvalue weighted by molar-refractivity contribution is -0.383. The molecular formula is C21H18N4O3. The Labute approximate surface area is 161 Å². The Morgan fingerprint density at radius 2 is 1.93 bits per heavy atom. The Kier molecular flexibility index (Phi) is 4.27. The highest BCUT2D eigenvalue weighted by molar-refractivity contribution is 5.88. The van der Waals surface area contributed by atoms with Gasteiger partial charge in [-0.25, -0.2) is 4.98 Å². The lowest BCUT2D eigenvalue weighted by Crippen LogP contribution is -1.99. The molecule has 0 bridgehead atoms. The normalized spacial score (nSPS) is 11.5. The maximum absolute atomic E-state index is 11.3. The van der Waals surface area contributed by atoms with Crippen molar-refractivity contribution in [2.24, 2.45) is 0 Å². The SMILES string of the molecule is Cc1cc(-n2c(C)cc(/C=C/c3ccc4cccc([N+](=O)[O-])c4n3)c2C)no1. The fraction of sp³-hybridized carbons (Fsp3) is 0.143. The number of benzene rings is 1. The molecule has 7 nitrogen and oxygen atoms in total. The van der Waals surface area contributed by atoms with Gasteiger partial charge in [-0.05, 0) is 44.5 Å². The van der Waals surface area contributed by atoms with Crippen LogP contribution in [0.2, 0.25) is 0 Å². The van der Waals surface area contributed by atoms with Crippen molar-refractivity contribution in [3.63, 3.8) is 0 Å². The van der Waals surface area contributed by atoms with Crippen molar-refractivity contribution in [1.82, 2.24) is 14.7 Å². The predicted molar refractivity (Wildman–Crippen MR) is 107 cm³/mol. The third kappa shape index (κ3) is 3.07. The molecule has 0 radical (unpaired) electrons. The van der Waals surface area contributed by atoms with Gasteiger partial charge in [0.1, 0.15) is 11.3 Å². The van der Waals surface area contributed by atoms with E-state index in [1.54, 1.807) is 6.07 Å². The molecule has 0 aliphatic heterocycles. The minimum absolute atomic E-state index is 0.00679. The number of nitrogens with zero attached hydrogens (tertiary/aromatic N) is 4. The van der Waals surface area contributed by atoms with Gasteiger partial charge in [-0.1, -0.05) is 29.4 Å². The number of fused-ring (bicyclic) bond motifs is 1. The number of aryl methyl sites for hydroxylation is 2. The smallest absolute Gasteiger partial charge is 0.295 e. The molecule has 3 heterocycles. The van der Waals surface area contributed by atoms with E-state index in [-0.39, 0.29) is 5.69 Å². The first kappa shape index (κ1) is 17.7. The number of para-hydroxylation sites is 1. The van der Waals surface area contributed by atoms with Crippen LogP contribution in [0.1, 0.15) is 28.4 Å². The number of nitro groups is 1. The molecule has 0 saturated heterocycles. The lowest BCUT2D eigenvalue weighted by atomic mass is 10.1. The van der Waals surface area contributed by atoms with Crippen molar-refractivity contribution in [2.45, 2.75) is 20.8 Å². The quantitative estimate of drug-likeness (QED) is 0.370. The molecule has 0 N–H and O–H groups in total. The van der Waals surface area contributed by atoms with Gasteiger partial charge in [-0.2, -0.15) is 0 Å². The van der Waals surface area contributed by atoms with Crippen molar-refractivity contribution in [1.29, 1.82) is 0 Å². The number of rotatable bonds is 4. The molecule has 0 spiro atoms. The average molecular weight is 374 g/mol. The third-order valence-corrected chi connectivity index (χ3v) is 4.67. The summed E-state index contributed by atoms with van der Waals surface area (Å²) in [6, 6.07) is 12.6. The molecule has 7 heteroatoms. The molecule has 4 aromatic rings. The molecule has 0 amide bonds. The van der Waals surface area contributed by atoms with Gasteiger partial charge in [0.05, 0.1) is 10.6 Å². The predicted octanol–water partition coefficient (Wildman–Crippen LogP) is 5.02. The summed E-state index contributed by atoms with van der Waals surface area (Å²) >= 11 is 0. The third-order valence-electron chi connectivity index (χ3n) is 4.67. The zero-order chi connectivity index (χ0) is 19.8. The molecule has 3 aromatic heterocycles. The van der Waals surface area contributed by atoms with E-state index in [0.29, 0.717) is 11.2 Å². The van der Waals surface area contributed by atoms with Crippen LogP contribution in [0.3, 0.4) is 0 Å². The van der Waals surface area contributed by atoms with Gasteiger partial charge in [0, 0.05) is 28.9 Å². The van der Waals surface area contributed by atoms with Crippen molar-refractivity contribution < 1.29 is 9.45 Å². The number of pyridine rings is 1. The van der Waals surface area contributed by atoms with E-state index in [9.17, 15) is 10.1 Å². The fourth-order valence-electron chi connectivity index (χ4n) is 3.33. The van der Waals surface area contributed by atoms with Crippen LogP contribution in [-0.4, -0.2) is 19.6 Å². The van der Waals surface area contributed by atoms with Gasteiger partial charge >= 0.3 is 0 Å². The Morgan fingerprint density at radius 1 is 1.11 bits per heavy atom. The summed E-state index contributed by atoms with van der Waals surface area (Å²) in [5.74, 6) is 1.49. The van der Waals surface area contributed by atoms with Crippen LogP contribution in [0, 0.1) is 30.9 Å². The molecule has 0 aliphatic rings. The molecule has 0 aliphatic carbocycles. The highest BCUT2D eigenvalue weighted by Crippen LogP contribution is 2.25. The van der Waals surface area contributed by atoms with E-state index in [1.165, 1.54) is 6.07 Å². The van der Waals surface area contributed by atoms with Gasteiger partial charge in [0.2, 0.25) is 0 Å². The van der Waals surface area contributed by atoms with Crippen LogP contribution in [0.25, 0.3) is 28.9 Å². The van der Waals surface area contributed by atoms with Crippen molar-refractivity contribution >= 4 is 28.7 Å². The lowest BCUT2D eigenvalue weighted by Gasteiger charge is -2.04. The Bertz CT molecular complexity index is 1230. The Balaban J connectivity index is 1.72. The van der Waals surface area contributed by atoms with Crippen molar-refractivity contribution in [2.75, 3.05) is 0 Å². The summed E-state index contributed by atoms with van der Waals surface area (Å²) in [7, 11) is 0. The minimum atomic E-state index is -0.406. The van der Waals surface area contributed by atoms with Gasteiger partial charge in [-0.15, -0.1) is 0 Å². The van der Waals surface area contributed by atoms with Crippen LogP contribution in [0.5, 0.6) is 0 Å². The fourth-order valence-corrected chi connectivity index (χ4v) is 3.33. The van der Waals surface area contributed by atoms with Crippen LogP contribution in [0.4, 0.5) is 5.69 Å². The van der Waals surface area contributed by atoms with Crippen LogP contribution in [0.15, 0.2) is 47.0 Å². The highest BCUT2D eigenvalue weighted by atomic mass is 16.6. The molecule has 0 saturated carbocycles. The summed E-state index contributed by atoms with van der Waals surface area (Å²) in [5, 5.41) is 16.1. The molecule has 0 fully saturated rings. The molecule has 4 rings (SSSR count). The monoisotopic (exact) mass is 374 g/mol. The maximum Gasteiger partial charge on any atom is 0.295 e. The van der Waals surface area contributed by atoms with E-state index >= 15 is 0 Å². The second-order valence-electron chi connectivity index (χ2n) is 6.63. The Morgan fingerprint density at radius 3 is 2.64 bits per heavy atom. The standard InChI is InChI=1S/C21H18N4O3/c1-13-11-17(15(3)24(13)20-12-14(2)28-23-20)8-10-18-9-7-16-5-4-6-19(25(26)27)21(16)22-18/h4-12H,1-3H3/b10-8+. The number of non-ortho nitro benzene ring substituents is 1. The van der Waals surface area contributed by atoms with Crippen LogP contribution in [-0.2, 0) is 0 Å². The molecule has 0 atom stereocenters. The molecule has 1 aromatic carbocycles. The van der Waals surface area contributed by atoms with E-state index in [1.807, 2.05) is 61.8 Å². The second-order valence-corrected chi connectivity index (χ2v) is 6.63. The summed E-state index contributed by atoms with van der Waals surface area (Å²) in [6.45, 7) is 5.87. The number of hydrogen-bond donors (Lipinski definition) is 0. The van der Waals surface area contributed by atoms with E-state index in [4.69, 9.17) is 4.52 Å². The second kappa shape index (κ2) is 6.77. The molecular weight excluding hydrogens is 356 g/mol. The first-order valence-electron chi connectivity index (χ1n) is 8.79. The van der Waals surface area contributed by atoms with E-state index in [2.05, 4.69) is 16.2 Å². The minimum Gasteiger partial charge on any atom is -0.360 e. The molecule has 0 unspecified atom stereocenters. The average Bonchev–Trinajstić information content (AvgIpc) is 3.21. The first-order valence-corrected chi connectivity index (χ1v) is 8.79. The largest absolute Gasteiger partial charge is 0.360 e. The van der Waals surface area contributed by atoms with Crippen LogP contribution < -0.4 is 0 Å². The van der Waals surface area contributed by atoms with Gasteiger partial charge in [0.25, 0.3) is 5.69 Å². The van der Waals surface area contributed by atoms with Gasteiger partial charge < -0.3 is 4.52 Å². The number of nitro benzene ring substituents is 1. The highest BCUT2D eigenvalue weighted by Gasteiger charge is 2.14. The van der Waals surface area contributed by atoms with Crippen molar-refractivity contribution in [3.05, 3.63) is 81.0 Å². The summed E-state index contributed by atoms with van der Waals surface area (Å²) in [6.07, 6.45) is 3.81. The van der Waals surface area contributed by atoms with Gasteiger partial charge in [-0.3, -0.25) is 14.7 Å². The van der Waals surface area contributed by atoms with Gasteiger partial charge in [0.15, 0.2) is 5.82 Å². The topological polar surface area (TPSA) is 87.0 Å². The molecule has 140 valence electrons. The van der Waals surface area contributed by atoms with Crippen molar-refractivity contribution in [3.8, 4) is 5.82 Å². The van der Waals surface area contributed by atoms with E-state index < -0.39 is 4.92 Å². The maximum atomic E-state index is 11.3.